The van der Waals surface area contributed by atoms with Gasteiger partial charge in [-0.3, -0.25) is 9.59 Å². The van der Waals surface area contributed by atoms with Crippen molar-refractivity contribution in [1.82, 2.24) is 10.2 Å². The number of carbonyl (C=O) groups is 2. The minimum atomic E-state index is -0.138. The average Bonchev–Trinajstić information content (AvgIpc) is 2.82. The van der Waals surface area contributed by atoms with Crippen molar-refractivity contribution in [2.75, 3.05) is 19.6 Å². The molecule has 2 aliphatic rings. The summed E-state index contributed by atoms with van der Waals surface area (Å²) < 4.78 is 0. The fourth-order valence-electron chi connectivity index (χ4n) is 3.99. The number of hydrogen-bond donors (Lipinski definition) is 1. The van der Waals surface area contributed by atoms with E-state index in [1.165, 1.54) is 11.1 Å². The Balaban J connectivity index is 1.55. The van der Waals surface area contributed by atoms with E-state index >= 15 is 0 Å². The lowest BCUT2D eigenvalue weighted by molar-refractivity contribution is -0.130. The van der Waals surface area contributed by atoms with Crippen molar-refractivity contribution in [2.45, 2.75) is 51.5 Å². The second-order valence-corrected chi connectivity index (χ2v) is 7.14. The molecule has 1 saturated heterocycles. The third-order valence-corrected chi connectivity index (χ3v) is 5.52. The molecule has 1 unspecified atom stereocenters. The van der Waals surface area contributed by atoms with Crippen molar-refractivity contribution in [3.8, 4) is 0 Å². The summed E-state index contributed by atoms with van der Waals surface area (Å²) in [5.41, 5.74) is 2.49. The molecule has 0 bridgehead atoms. The van der Waals surface area contributed by atoms with E-state index in [-0.39, 0.29) is 11.9 Å². The van der Waals surface area contributed by atoms with Gasteiger partial charge in [0.25, 0.3) is 0 Å². The zero-order valence-corrected chi connectivity index (χ0v) is 14.6. The van der Waals surface area contributed by atoms with Crippen LogP contribution in [-0.2, 0) is 16.0 Å². The Hall–Kier alpha value is -1.68. The molecule has 130 valence electrons. The van der Waals surface area contributed by atoms with Crippen molar-refractivity contribution in [3.05, 3.63) is 35.4 Å². The highest BCUT2D eigenvalue weighted by atomic mass is 16.2. The lowest BCUT2D eigenvalue weighted by Gasteiger charge is -2.31. The van der Waals surface area contributed by atoms with E-state index in [4.69, 9.17) is 0 Å². The lowest BCUT2D eigenvalue weighted by atomic mass is 9.88. The number of carbonyl (C=O) groups excluding carboxylic acids is 2. The van der Waals surface area contributed by atoms with Crippen molar-refractivity contribution in [1.29, 1.82) is 0 Å². The van der Waals surface area contributed by atoms with Crippen LogP contribution < -0.4 is 5.32 Å². The van der Waals surface area contributed by atoms with Crippen LogP contribution in [0.2, 0.25) is 0 Å². The molecule has 1 N–H and O–H groups in total. The summed E-state index contributed by atoms with van der Waals surface area (Å²) >= 11 is 0. The van der Waals surface area contributed by atoms with E-state index in [9.17, 15) is 9.59 Å². The number of piperidine rings is 1. The molecule has 1 fully saturated rings. The number of amides is 1. The fraction of sp³-hybridized carbons (Fsp3) is 0.600. The van der Waals surface area contributed by atoms with Gasteiger partial charge in [-0.15, -0.1) is 0 Å². The third kappa shape index (κ3) is 4.04. The predicted octanol–water partition coefficient (Wildman–Crippen LogP) is 2.87. The fourth-order valence-corrected chi connectivity index (χ4v) is 3.99. The summed E-state index contributed by atoms with van der Waals surface area (Å²) in [5.74, 6) is 1.06. The van der Waals surface area contributed by atoms with Crippen LogP contribution in [0.15, 0.2) is 24.3 Å². The van der Waals surface area contributed by atoms with Crippen molar-refractivity contribution >= 4 is 11.7 Å². The molecule has 1 aromatic rings. The number of fused-ring (bicyclic) bond motifs is 1. The van der Waals surface area contributed by atoms with Crippen LogP contribution >= 0.6 is 0 Å². The number of rotatable bonds is 4. The number of aryl methyl sites for hydroxylation is 1. The number of likely N-dealkylation sites (tertiary alicyclic amines) is 1. The van der Waals surface area contributed by atoms with Crippen molar-refractivity contribution in [2.24, 2.45) is 5.92 Å². The molecular weight excluding hydrogens is 300 g/mol. The van der Waals surface area contributed by atoms with Gasteiger partial charge in [-0.05, 0) is 55.7 Å². The molecular formula is C20H28N2O2. The van der Waals surface area contributed by atoms with Crippen LogP contribution in [-0.4, -0.2) is 36.2 Å². The van der Waals surface area contributed by atoms with Crippen LogP contribution in [0.5, 0.6) is 0 Å². The maximum Gasteiger partial charge on any atom is 0.219 e. The number of nitrogens with zero attached hydrogens (tertiary/aromatic N) is 1. The summed E-state index contributed by atoms with van der Waals surface area (Å²) in [5, 5.41) is 3.44. The Morgan fingerprint density at radius 1 is 1.21 bits per heavy atom. The molecule has 4 nitrogen and oxygen atoms in total. The first-order valence-corrected chi connectivity index (χ1v) is 9.24. The second-order valence-electron chi connectivity index (χ2n) is 7.14. The van der Waals surface area contributed by atoms with Gasteiger partial charge in [-0.2, -0.15) is 0 Å². The Morgan fingerprint density at radius 2 is 1.96 bits per heavy atom. The first-order chi connectivity index (χ1) is 11.6. The molecule has 2 aliphatic heterocycles. The normalized spacial score (nSPS) is 21.9. The highest BCUT2D eigenvalue weighted by Crippen LogP contribution is 2.27. The first kappa shape index (κ1) is 17.2. The molecule has 3 rings (SSSR count). The minimum absolute atomic E-state index is 0.138. The van der Waals surface area contributed by atoms with Gasteiger partial charge in [0.05, 0.1) is 6.04 Å². The molecule has 0 saturated carbocycles. The van der Waals surface area contributed by atoms with E-state index < -0.39 is 0 Å². The van der Waals surface area contributed by atoms with Gasteiger partial charge >= 0.3 is 0 Å². The number of benzene rings is 1. The molecule has 0 aliphatic carbocycles. The number of nitrogens with one attached hydrogen (secondary N) is 1. The monoisotopic (exact) mass is 328 g/mol. The van der Waals surface area contributed by atoms with Crippen LogP contribution in [0, 0.1) is 5.92 Å². The Kier molecular flexibility index (Phi) is 5.67. The van der Waals surface area contributed by atoms with Gasteiger partial charge < -0.3 is 10.2 Å². The lowest BCUT2D eigenvalue weighted by Crippen LogP contribution is -2.37. The summed E-state index contributed by atoms with van der Waals surface area (Å²) in [6, 6.07) is 8.21. The van der Waals surface area contributed by atoms with E-state index in [2.05, 4.69) is 23.5 Å². The molecule has 1 aromatic carbocycles. The van der Waals surface area contributed by atoms with Gasteiger partial charge in [0.15, 0.2) is 5.78 Å². The topological polar surface area (TPSA) is 49.4 Å². The standard InChI is InChI=1S/C20H28N2O2/c1-15(23)22-13-10-16(11-14-22)8-9-19(24)20-18-7-3-2-5-17(18)6-4-12-21-20/h2-3,5,7,16,20-21H,4,6,8-14H2,1H3. The first-order valence-electron chi connectivity index (χ1n) is 9.24. The zero-order chi connectivity index (χ0) is 16.9. The maximum atomic E-state index is 12.8. The van der Waals surface area contributed by atoms with E-state index in [0.29, 0.717) is 18.1 Å². The summed E-state index contributed by atoms with van der Waals surface area (Å²) in [6.07, 6.45) is 5.78. The third-order valence-electron chi connectivity index (χ3n) is 5.52. The number of Topliss-reactive ketones (excluding diaryl/α,β-unsaturated/α-hetero) is 1. The highest BCUT2D eigenvalue weighted by Gasteiger charge is 2.26. The largest absolute Gasteiger partial charge is 0.343 e. The molecule has 0 spiro atoms. The van der Waals surface area contributed by atoms with Crippen LogP contribution in [0.25, 0.3) is 0 Å². The van der Waals surface area contributed by atoms with Gasteiger partial charge in [0, 0.05) is 26.4 Å². The van der Waals surface area contributed by atoms with Crippen molar-refractivity contribution in [3.63, 3.8) is 0 Å². The number of hydrogen-bond acceptors (Lipinski definition) is 3. The quantitative estimate of drug-likeness (QED) is 0.924. The molecule has 0 radical (unpaired) electrons. The maximum absolute atomic E-state index is 12.8. The smallest absolute Gasteiger partial charge is 0.219 e. The summed E-state index contributed by atoms with van der Waals surface area (Å²) in [6.45, 7) is 4.23. The van der Waals surface area contributed by atoms with E-state index in [1.54, 1.807) is 6.92 Å². The van der Waals surface area contributed by atoms with Crippen molar-refractivity contribution < 1.29 is 9.59 Å². The molecule has 2 heterocycles. The summed E-state index contributed by atoms with van der Waals surface area (Å²) in [4.78, 5) is 26.1. The Bertz CT molecular complexity index is 591. The SMILES string of the molecule is CC(=O)N1CCC(CCC(=O)C2NCCCc3ccccc32)CC1. The van der Waals surface area contributed by atoms with Gasteiger partial charge in [-0.1, -0.05) is 24.3 Å². The minimum Gasteiger partial charge on any atom is -0.343 e. The molecule has 0 aromatic heterocycles. The molecule has 1 atom stereocenters. The van der Waals surface area contributed by atoms with Crippen LogP contribution in [0.4, 0.5) is 0 Å². The highest BCUT2D eigenvalue weighted by molar-refractivity contribution is 5.85. The molecule has 4 heteroatoms. The van der Waals surface area contributed by atoms with Gasteiger partial charge in [0.2, 0.25) is 5.91 Å². The van der Waals surface area contributed by atoms with Crippen LogP contribution in [0.1, 0.15) is 56.2 Å². The average molecular weight is 328 g/mol. The van der Waals surface area contributed by atoms with E-state index in [1.807, 2.05) is 11.0 Å². The Morgan fingerprint density at radius 3 is 2.71 bits per heavy atom. The van der Waals surface area contributed by atoms with Crippen LogP contribution in [0.3, 0.4) is 0 Å². The second kappa shape index (κ2) is 7.93. The van der Waals surface area contributed by atoms with Gasteiger partial charge in [0.1, 0.15) is 0 Å². The summed E-state index contributed by atoms with van der Waals surface area (Å²) in [7, 11) is 0. The Labute approximate surface area is 144 Å². The van der Waals surface area contributed by atoms with E-state index in [0.717, 1.165) is 51.7 Å². The molecule has 24 heavy (non-hydrogen) atoms. The predicted molar refractivity (Wildman–Crippen MR) is 94.7 cm³/mol. The van der Waals surface area contributed by atoms with Gasteiger partial charge in [-0.25, -0.2) is 0 Å². The molecule has 1 amide bonds. The number of ketones is 1. The zero-order valence-electron chi connectivity index (χ0n) is 14.6.